The third kappa shape index (κ3) is 4.79. The topological polar surface area (TPSA) is 79.1 Å². The quantitative estimate of drug-likeness (QED) is 0.303. The van der Waals surface area contributed by atoms with E-state index in [9.17, 15) is 9.59 Å². The van der Waals surface area contributed by atoms with Gasteiger partial charge in [0.1, 0.15) is 0 Å². The van der Waals surface area contributed by atoms with E-state index in [-0.39, 0.29) is 5.56 Å². The summed E-state index contributed by atoms with van der Waals surface area (Å²) in [6, 6.07) is 12.7. The van der Waals surface area contributed by atoms with E-state index in [1.54, 1.807) is 11.7 Å². The van der Waals surface area contributed by atoms with Crippen molar-refractivity contribution in [3.63, 3.8) is 0 Å². The minimum absolute atomic E-state index is 0.220. The fourth-order valence-electron chi connectivity index (χ4n) is 4.07. The number of benzene rings is 2. The number of fused-ring (bicyclic) bond motifs is 1. The second-order valence-electron chi connectivity index (χ2n) is 7.67. The molecule has 0 bridgehead atoms. The van der Waals surface area contributed by atoms with Gasteiger partial charge in [-0.1, -0.05) is 48.6 Å². The summed E-state index contributed by atoms with van der Waals surface area (Å²) in [5.74, 6) is 0.786. The number of thiazole rings is 1. The minimum Gasteiger partial charge on any atom is -0.493 e. The predicted molar refractivity (Wildman–Crippen MR) is 144 cm³/mol. The van der Waals surface area contributed by atoms with E-state index < -0.39 is 12.0 Å². The second-order valence-corrected chi connectivity index (χ2v) is 9.84. The van der Waals surface area contributed by atoms with Crippen LogP contribution in [0.1, 0.15) is 37.4 Å². The Morgan fingerprint density at radius 1 is 1.20 bits per heavy atom. The van der Waals surface area contributed by atoms with E-state index in [0.29, 0.717) is 45.1 Å². The molecule has 1 aliphatic rings. The predicted octanol–water partition coefficient (Wildman–Crippen LogP) is 3.81. The minimum atomic E-state index is -0.619. The lowest BCUT2D eigenvalue weighted by atomic mass is 9.95. The van der Waals surface area contributed by atoms with Crippen LogP contribution in [0.2, 0.25) is 0 Å². The lowest BCUT2D eigenvalue weighted by molar-refractivity contribution is -0.136. The molecule has 1 aromatic heterocycles. The fourth-order valence-corrected chi connectivity index (χ4v) is 5.87. The molecule has 1 aliphatic heterocycles. The number of carbonyl (C=O) groups excluding carboxylic acids is 1. The second kappa shape index (κ2) is 10.8. The lowest BCUT2D eigenvalue weighted by Gasteiger charge is -2.25. The molecular weight excluding hydrogens is 579 g/mol. The first kappa shape index (κ1) is 25.2. The summed E-state index contributed by atoms with van der Waals surface area (Å²) < 4.78 is 19.3. The van der Waals surface area contributed by atoms with Gasteiger partial charge in [-0.15, -0.1) is 0 Å². The SMILES string of the molecule is CCOc1c(I)cc(/C=c2/sc3n(c2=O)[C@@H](c2ccccc2)C(C(=O)OC)=C(CC)N=3)cc1OC. The molecule has 0 saturated carbocycles. The summed E-state index contributed by atoms with van der Waals surface area (Å²) in [5.41, 5.74) is 2.41. The molecule has 0 saturated heterocycles. The zero-order valence-electron chi connectivity index (χ0n) is 19.8. The molecule has 0 amide bonds. The maximum absolute atomic E-state index is 13.7. The van der Waals surface area contributed by atoms with Gasteiger partial charge in [0.2, 0.25) is 0 Å². The van der Waals surface area contributed by atoms with E-state index in [1.165, 1.54) is 18.4 Å². The Balaban J connectivity index is 1.95. The van der Waals surface area contributed by atoms with Crippen molar-refractivity contribution in [1.82, 2.24) is 4.57 Å². The van der Waals surface area contributed by atoms with Crippen molar-refractivity contribution in [1.29, 1.82) is 0 Å². The van der Waals surface area contributed by atoms with Gasteiger partial charge in [0, 0.05) is 0 Å². The normalized spacial score (nSPS) is 15.5. The molecule has 7 nitrogen and oxygen atoms in total. The van der Waals surface area contributed by atoms with Crippen molar-refractivity contribution in [3.05, 3.63) is 88.1 Å². The van der Waals surface area contributed by atoms with Crippen molar-refractivity contribution < 1.29 is 19.0 Å². The van der Waals surface area contributed by atoms with Gasteiger partial charge in [0.25, 0.3) is 5.56 Å². The van der Waals surface area contributed by atoms with Crippen LogP contribution >= 0.6 is 33.9 Å². The Morgan fingerprint density at radius 3 is 2.57 bits per heavy atom. The fraction of sp³-hybridized carbons (Fsp3) is 0.269. The number of nitrogens with zero attached hydrogens (tertiary/aromatic N) is 2. The van der Waals surface area contributed by atoms with Crippen LogP contribution in [-0.2, 0) is 9.53 Å². The number of halogens is 1. The van der Waals surface area contributed by atoms with Crippen LogP contribution in [0, 0.1) is 3.57 Å². The molecule has 0 fully saturated rings. The summed E-state index contributed by atoms with van der Waals surface area (Å²) in [7, 11) is 2.93. The molecule has 2 heterocycles. The highest BCUT2D eigenvalue weighted by molar-refractivity contribution is 14.1. The standard InChI is InChI=1S/C26H25IN2O5S/c1-5-18-21(25(31)33-4)22(16-10-8-7-9-11-16)29-24(30)20(35-26(29)28-18)14-15-12-17(27)23(34-6-2)19(13-15)32-3/h7-14,22H,5-6H2,1-4H3/b20-14+/t22-/m0/s1. The third-order valence-electron chi connectivity index (χ3n) is 5.60. The summed E-state index contributed by atoms with van der Waals surface area (Å²) in [5, 5.41) is 0. The van der Waals surface area contributed by atoms with E-state index in [1.807, 2.05) is 62.4 Å². The van der Waals surface area contributed by atoms with Crippen molar-refractivity contribution in [2.45, 2.75) is 26.3 Å². The molecule has 1 atom stereocenters. The highest BCUT2D eigenvalue weighted by Crippen LogP contribution is 2.34. The van der Waals surface area contributed by atoms with E-state index >= 15 is 0 Å². The highest BCUT2D eigenvalue weighted by Gasteiger charge is 2.33. The molecule has 0 unspecified atom stereocenters. The molecule has 2 aromatic carbocycles. The molecular formula is C26H25IN2O5S. The number of rotatable bonds is 7. The number of esters is 1. The maximum Gasteiger partial charge on any atom is 0.338 e. The highest BCUT2D eigenvalue weighted by atomic mass is 127. The van der Waals surface area contributed by atoms with Crippen LogP contribution in [0.25, 0.3) is 6.08 Å². The number of ether oxygens (including phenoxy) is 3. The summed E-state index contributed by atoms with van der Waals surface area (Å²) in [4.78, 5) is 31.8. The first-order chi connectivity index (χ1) is 16.9. The molecule has 35 heavy (non-hydrogen) atoms. The number of hydrogen-bond donors (Lipinski definition) is 0. The molecule has 0 aliphatic carbocycles. The maximum atomic E-state index is 13.7. The van der Waals surface area contributed by atoms with Crippen LogP contribution in [0.3, 0.4) is 0 Å². The molecule has 4 rings (SSSR count). The monoisotopic (exact) mass is 604 g/mol. The molecule has 182 valence electrons. The van der Waals surface area contributed by atoms with Gasteiger partial charge in [0.05, 0.1) is 46.2 Å². The van der Waals surface area contributed by atoms with Crippen LogP contribution in [-0.4, -0.2) is 31.4 Å². The molecule has 0 radical (unpaired) electrons. The van der Waals surface area contributed by atoms with Crippen molar-refractivity contribution in [2.75, 3.05) is 20.8 Å². The summed E-state index contributed by atoms with van der Waals surface area (Å²) >= 11 is 3.49. The first-order valence-corrected chi connectivity index (χ1v) is 13.0. The number of aromatic nitrogens is 1. The van der Waals surface area contributed by atoms with Crippen molar-refractivity contribution in [3.8, 4) is 11.5 Å². The summed E-state index contributed by atoms with van der Waals surface area (Å²) in [6.45, 7) is 4.37. The average molecular weight is 604 g/mol. The van der Waals surface area contributed by atoms with E-state index in [4.69, 9.17) is 19.2 Å². The Labute approximate surface area is 220 Å². The molecule has 0 spiro atoms. The van der Waals surface area contributed by atoms with Gasteiger partial charge in [-0.25, -0.2) is 9.79 Å². The van der Waals surface area contributed by atoms with Gasteiger partial charge in [-0.2, -0.15) is 0 Å². The van der Waals surface area contributed by atoms with Gasteiger partial charge in [-0.05, 0) is 65.3 Å². The number of hydrogen-bond acceptors (Lipinski definition) is 7. The molecule has 3 aromatic rings. The number of carbonyl (C=O) groups is 1. The van der Waals surface area contributed by atoms with Gasteiger partial charge < -0.3 is 14.2 Å². The zero-order valence-corrected chi connectivity index (χ0v) is 22.8. The average Bonchev–Trinajstić information content (AvgIpc) is 3.18. The van der Waals surface area contributed by atoms with Crippen LogP contribution in [0.5, 0.6) is 11.5 Å². The number of allylic oxidation sites excluding steroid dienone is 1. The van der Waals surface area contributed by atoms with Crippen molar-refractivity contribution >= 4 is 46.0 Å². The third-order valence-corrected chi connectivity index (χ3v) is 7.39. The Kier molecular flexibility index (Phi) is 7.75. The van der Waals surface area contributed by atoms with Crippen LogP contribution in [0.4, 0.5) is 0 Å². The molecule has 9 heteroatoms. The molecule has 0 N–H and O–H groups in total. The van der Waals surface area contributed by atoms with Crippen LogP contribution in [0.15, 0.2) is 63.5 Å². The Hall–Kier alpha value is -2.92. The zero-order chi connectivity index (χ0) is 25.1. The summed E-state index contributed by atoms with van der Waals surface area (Å²) in [6.07, 6.45) is 2.35. The van der Waals surface area contributed by atoms with Crippen LogP contribution < -0.4 is 24.4 Å². The van der Waals surface area contributed by atoms with E-state index in [0.717, 1.165) is 14.7 Å². The largest absolute Gasteiger partial charge is 0.493 e. The van der Waals surface area contributed by atoms with Crippen molar-refractivity contribution in [2.24, 2.45) is 4.99 Å². The van der Waals surface area contributed by atoms with Gasteiger partial charge in [-0.3, -0.25) is 9.36 Å². The first-order valence-electron chi connectivity index (χ1n) is 11.1. The van der Waals surface area contributed by atoms with Gasteiger partial charge >= 0.3 is 5.97 Å². The van der Waals surface area contributed by atoms with E-state index in [2.05, 4.69) is 22.6 Å². The lowest BCUT2D eigenvalue weighted by Crippen LogP contribution is -2.40. The smallest absolute Gasteiger partial charge is 0.338 e. The van der Waals surface area contributed by atoms with Gasteiger partial charge in [0.15, 0.2) is 16.3 Å². The Bertz CT molecular complexity index is 1470. The number of methoxy groups -OCH3 is 2. The Morgan fingerprint density at radius 2 is 1.94 bits per heavy atom.